The average molecular weight is 497 g/mol. The minimum absolute atomic E-state index is 0.301. The number of hydrogen-bond donors (Lipinski definition) is 0. The SMILES string of the molecule is O=C(OC[I-]COC(=O)c1ccc2ccccc2c1)c1ccc2ccccc2c1. The maximum atomic E-state index is 12.2. The molecule has 4 nitrogen and oxygen atoms in total. The first-order valence-electron chi connectivity index (χ1n) is 9.06. The first-order valence-corrected chi connectivity index (χ1v) is 12.1. The number of rotatable bonds is 6. The first-order chi connectivity index (χ1) is 14.2. The van der Waals surface area contributed by atoms with E-state index in [-0.39, 0.29) is 11.9 Å². The van der Waals surface area contributed by atoms with Crippen molar-refractivity contribution in [3.63, 3.8) is 0 Å². The van der Waals surface area contributed by atoms with Crippen LogP contribution in [0.3, 0.4) is 0 Å². The van der Waals surface area contributed by atoms with E-state index in [2.05, 4.69) is 0 Å². The molecule has 0 spiro atoms. The molecule has 0 amide bonds. The van der Waals surface area contributed by atoms with Gasteiger partial charge in [0.05, 0.1) is 0 Å². The summed E-state index contributed by atoms with van der Waals surface area (Å²) >= 11 is -0.583. The normalized spacial score (nSPS) is 10.9. The van der Waals surface area contributed by atoms with E-state index in [0.717, 1.165) is 21.5 Å². The molecule has 4 rings (SSSR count). The van der Waals surface area contributed by atoms with Crippen LogP contribution in [-0.2, 0) is 9.47 Å². The second kappa shape index (κ2) is 9.05. The number of alkyl halides is 2. The summed E-state index contributed by atoms with van der Waals surface area (Å²) < 4.78 is 11.3. The van der Waals surface area contributed by atoms with Crippen molar-refractivity contribution in [2.24, 2.45) is 0 Å². The van der Waals surface area contributed by atoms with Crippen LogP contribution in [0.15, 0.2) is 84.9 Å². The van der Waals surface area contributed by atoms with Crippen LogP contribution in [0.25, 0.3) is 21.5 Å². The quantitative estimate of drug-likeness (QED) is 0.177. The predicted octanol–water partition coefficient (Wildman–Crippen LogP) is 2.01. The molecule has 0 atom stereocenters. The minimum atomic E-state index is -0.583. The zero-order chi connectivity index (χ0) is 20.1. The van der Waals surface area contributed by atoms with Gasteiger partial charge in [0.2, 0.25) is 0 Å². The Morgan fingerprint density at radius 2 is 1.00 bits per heavy atom. The van der Waals surface area contributed by atoms with E-state index in [1.807, 2.05) is 72.8 Å². The zero-order valence-electron chi connectivity index (χ0n) is 15.5. The summed E-state index contributed by atoms with van der Waals surface area (Å²) in [5.41, 5.74) is 1.06. The Labute approximate surface area is 178 Å². The number of hydrogen-bond acceptors (Lipinski definition) is 4. The van der Waals surface area contributed by atoms with E-state index in [4.69, 9.17) is 9.47 Å². The van der Waals surface area contributed by atoms with Gasteiger partial charge in [0.25, 0.3) is 0 Å². The Kier molecular flexibility index (Phi) is 6.05. The predicted molar refractivity (Wildman–Crippen MR) is 108 cm³/mol. The number of benzene rings is 4. The van der Waals surface area contributed by atoms with Gasteiger partial charge in [-0.2, -0.15) is 0 Å². The van der Waals surface area contributed by atoms with E-state index < -0.39 is 21.2 Å². The summed E-state index contributed by atoms with van der Waals surface area (Å²) in [6.45, 7) is 0. The van der Waals surface area contributed by atoms with Crippen LogP contribution in [0.2, 0.25) is 0 Å². The molecule has 0 heterocycles. The van der Waals surface area contributed by atoms with Gasteiger partial charge >= 0.3 is 179 Å². The molecule has 4 aromatic carbocycles. The number of esters is 2. The van der Waals surface area contributed by atoms with Gasteiger partial charge in [-0.1, -0.05) is 0 Å². The molecule has 0 unspecified atom stereocenters. The topological polar surface area (TPSA) is 52.6 Å². The molecule has 0 bridgehead atoms. The molecule has 0 aliphatic rings. The van der Waals surface area contributed by atoms with Crippen molar-refractivity contribution in [1.29, 1.82) is 0 Å². The fraction of sp³-hybridized carbons (Fsp3) is 0.0833. The molecule has 0 saturated heterocycles. The third kappa shape index (κ3) is 4.74. The van der Waals surface area contributed by atoms with Crippen molar-refractivity contribution in [3.8, 4) is 0 Å². The molecular weight excluding hydrogens is 479 g/mol. The summed E-state index contributed by atoms with van der Waals surface area (Å²) in [5.74, 6) is -0.701. The van der Waals surface area contributed by atoms with E-state index in [1.54, 1.807) is 12.1 Å². The second-order valence-corrected chi connectivity index (χ2v) is 8.72. The Bertz CT molecular complexity index is 1090. The molecule has 0 N–H and O–H groups in total. The number of fused-ring (bicyclic) bond motifs is 2. The standard InChI is InChI=1S/C24H18IO4/c26-23(21-11-9-17-5-1-3-7-19(17)13-21)28-15-25-16-29-24(27)22-12-10-18-6-2-4-8-20(18)14-22/h1-14H,15-16H2/q-1. The molecule has 0 fully saturated rings. The fourth-order valence-corrected chi connectivity index (χ4v) is 4.19. The number of carbonyl (C=O) groups is 2. The molecule has 0 saturated carbocycles. The van der Waals surface area contributed by atoms with Crippen LogP contribution in [0.1, 0.15) is 20.7 Å². The summed E-state index contributed by atoms with van der Waals surface area (Å²) in [6.07, 6.45) is 0. The van der Waals surface area contributed by atoms with Crippen molar-refractivity contribution in [2.45, 2.75) is 0 Å². The molecule has 0 radical (unpaired) electrons. The molecule has 5 heteroatoms. The zero-order valence-corrected chi connectivity index (χ0v) is 17.7. The van der Waals surface area contributed by atoms with Crippen LogP contribution in [0.5, 0.6) is 0 Å². The van der Waals surface area contributed by atoms with Gasteiger partial charge in [-0.15, -0.1) is 0 Å². The van der Waals surface area contributed by atoms with Gasteiger partial charge in [0, 0.05) is 0 Å². The van der Waals surface area contributed by atoms with Crippen LogP contribution >= 0.6 is 0 Å². The summed E-state index contributed by atoms with van der Waals surface area (Å²) in [4.78, 5) is 24.4. The van der Waals surface area contributed by atoms with Crippen molar-refractivity contribution in [1.82, 2.24) is 0 Å². The van der Waals surface area contributed by atoms with Gasteiger partial charge in [0.1, 0.15) is 0 Å². The van der Waals surface area contributed by atoms with Gasteiger partial charge in [-0.3, -0.25) is 0 Å². The molecule has 0 aliphatic heterocycles. The van der Waals surface area contributed by atoms with Gasteiger partial charge in [-0.25, -0.2) is 0 Å². The summed E-state index contributed by atoms with van der Waals surface area (Å²) in [6, 6.07) is 26.7. The summed E-state index contributed by atoms with van der Waals surface area (Å²) in [7, 11) is 0. The Balaban J connectivity index is 1.25. The Hall–Kier alpha value is -2.93. The van der Waals surface area contributed by atoms with E-state index in [9.17, 15) is 9.59 Å². The van der Waals surface area contributed by atoms with Crippen molar-refractivity contribution in [2.75, 3.05) is 9.23 Å². The third-order valence-electron chi connectivity index (χ3n) is 4.50. The van der Waals surface area contributed by atoms with Crippen LogP contribution in [0.4, 0.5) is 0 Å². The number of ether oxygens (including phenoxy) is 2. The third-order valence-corrected chi connectivity index (χ3v) is 6.00. The average Bonchev–Trinajstić information content (AvgIpc) is 2.77. The van der Waals surface area contributed by atoms with Crippen molar-refractivity contribution in [3.05, 3.63) is 96.1 Å². The van der Waals surface area contributed by atoms with Gasteiger partial charge in [-0.05, 0) is 0 Å². The molecule has 29 heavy (non-hydrogen) atoms. The van der Waals surface area contributed by atoms with Gasteiger partial charge in [0.15, 0.2) is 0 Å². The Morgan fingerprint density at radius 1 is 0.586 bits per heavy atom. The summed E-state index contributed by atoms with van der Waals surface area (Å²) in [5, 5.41) is 4.16. The van der Waals surface area contributed by atoms with Crippen molar-refractivity contribution >= 4 is 33.5 Å². The Morgan fingerprint density at radius 3 is 1.45 bits per heavy atom. The van der Waals surface area contributed by atoms with Gasteiger partial charge < -0.3 is 0 Å². The monoisotopic (exact) mass is 497 g/mol. The fourth-order valence-electron chi connectivity index (χ4n) is 3.01. The van der Waals surface area contributed by atoms with E-state index >= 15 is 0 Å². The molecule has 146 valence electrons. The molecule has 4 aromatic rings. The van der Waals surface area contributed by atoms with Crippen LogP contribution in [-0.4, -0.2) is 21.2 Å². The van der Waals surface area contributed by atoms with Crippen LogP contribution < -0.4 is 21.2 Å². The number of carbonyl (C=O) groups excluding carboxylic acids is 2. The molecule has 0 aliphatic carbocycles. The number of halogens is 1. The maximum absolute atomic E-state index is 12.2. The second-order valence-electron chi connectivity index (χ2n) is 6.39. The van der Waals surface area contributed by atoms with Crippen molar-refractivity contribution < 1.29 is 40.3 Å². The van der Waals surface area contributed by atoms with E-state index in [0.29, 0.717) is 20.4 Å². The van der Waals surface area contributed by atoms with Crippen LogP contribution in [0, 0.1) is 0 Å². The first kappa shape index (κ1) is 19.4. The molecular formula is C24H18IO4-. The molecule has 0 aromatic heterocycles. The van der Waals surface area contributed by atoms with E-state index in [1.165, 1.54) is 0 Å².